The Kier molecular flexibility index (Phi) is 6.29. The van der Waals surface area contributed by atoms with Crippen LogP contribution in [0.15, 0.2) is 24.3 Å². The minimum Gasteiger partial charge on any atom is -0.448 e. The maximum atomic E-state index is 12.2. The summed E-state index contributed by atoms with van der Waals surface area (Å²) in [6.07, 6.45) is -0.252. The molecule has 1 unspecified atom stereocenters. The number of nitrogens with two attached hydrogens (primary N) is 1. The summed E-state index contributed by atoms with van der Waals surface area (Å²) < 4.78 is 29.8. The van der Waals surface area contributed by atoms with Crippen LogP contribution in [0.2, 0.25) is 0 Å². The molecular weight excluding hydrogens is 338 g/mol. The Hall–Kier alpha value is -2.62. The van der Waals surface area contributed by atoms with Gasteiger partial charge < -0.3 is 10.5 Å². The predicted molar refractivity (Wildman–Crippen MR) is 86.7 cm³/mol. The first-order chi connectivity index (χ1) is 11.0. The quantitative estimate of drug-likeness (QED) is 0.630. The Balaban J connectivity index is 2.94. The fraction of sp³-hybridized carbons (Fsp3) is 0.357. The van der Waals surface area contributed by atoms with E-state index in [1.165, 1.54) is 24.3 Å². The molecule has 1 aromatic rings. The number of imide groups is 1. The van der Waals surface area contributed by atoms with E-state index in [2.05, 4.69) is 4.72 Å². The molecule has 0 aromatic heterocycles. The number of benzene rings is 1. The van der Waals surface area contributed by atoms with Crippen LogP contribution in [-0.4, -0.2) is 38.7 Å². The number of sulfonamides is 1. The number of amides is 3. The molecule has 0 bridgehead atoms. The van der Waals surface area contributed by atoms with Crippen molar-refractivity contribution in [2.24, 2.45) is 11.7 Å². The molecule has 1 atom stereocenters. The van der Waals surface area contributed by atoms with Crippen LogP contribution in [0.3, 0.4) is 0 Å². The molecule has 9 nitrogen and oxygen atoms in total. The van der Waals surface area contributed by atoms with E-state index < -0.39 is 40.0 Å². The molecule has 132 valence electrons. The zero-order valence-corrected chi connectivity index (χ0v) is 14.2. The third-order valence-corrected chi connectivity index (χ3v) is 3.35. The molecular formula is C14H19N3O6S. The van der Waals surface area contributed by atoms with Gasteiger partial charge in [-0.05, 0) is 24.1 Å². The fourth-order valence-electron chi connectivity index (χ4n) is 1.79. The average molecular weight is 357 g/mol. The van der Waals surface area contributed by atoms with E-state index >= 15 is 0 Å². The predicted octanol–water partition coefficient (Wildman–Crippen LogP) is 0.434. The monoisotopic (exact) mass is 357 g/mol. The van der Waals surface area contributed by atoms with Gasteiger partial charge in [-0.2, -0.15) is 0 Å². The average Bonchev–Trinajstić information content (AvgIpc) is 2.41. The van der Waals surface area contributed by atoms with Crippen molar-refractivity contribution >= 4 is 33.6 Å². The molecule has 0 aliphatic carbocycles. The SMILES string of the molecule is CC(C)C(OC(=O)c1cccc(NS(C)(=O)=O)c1)C(=O)NC(N)=O. The van der Waals surface area contributed by atoms with Crippen molar-refractivity contribution in [1.29, 1.82) is 0 Å². The number of esters is 1. The topological polar surface area (TPSA) is 145 Å². The lowest BCUT2D eigenvalue weighted by Crippen LogP contribution is -2.45. The standard InChI is InChI=1S/C14H19N3O6S/c1-8(2)11(12(18)16-14(15)20)23-13(19)9-5-4-6-10(7-9)17-24(3,21)22/h4-8,11,17H,1-3H3,(H3,15,16,18,20). The Bertz CT molecular complexity index is 745. The first kappa shape index (κ1) is 19.4. The van der Waals surface area contributed by atoms with Gasteiger partial charge in [0.15, 0.2) is 6.10 Å². The molecule has 0 fully saturated rings. The van der Waals surface area contributed by atoms with E-state index in [4.69, 9.17) is 10.5 Å². The summed E-state index contributed by atoms with van der Waals surface area (Å²) in [4.78, 5) is 34.8. The summed E-state index contributed by atoms with van der Waals surface area (Å²) in [6, 6.07) is 4.53. The van der Waals surface area contributed by atoms with Crippen molar-refractivity contribution in [1.82, 2.24) is 5.32 Å². The molecule has 0 spiro atoms. The molecule has 1 rings (SSSR count). The lowest BCUT2D eigenvalue weighted by molar-refractivity contribution is -0.130. The molecule has 0 radical (unpaired) electrons. The number of carbonyl (C=O) groups excluding carboxylic acids is 3. The summed E-state index contributed by atoms with van der Waals surface area (Å²) in [5, 5.41) is 1.85. The van der Waals surface area contributed by atoms with Crippen molar-refractivity contribution in [3.05, 3.63) is 29.8 Å². The molecule has 0 saturated carbocycles. The van der Waals surface area contributed by atoms with Gasteiger partial charge in [-0.3, -0.25) is 14.8 Å². The van der Waals surface area contributed by atoms with Crippen LogP contribution in [0.4, 0.5) is 10.5 Å². The van der Waals surface area contributed by atoms with Crippen LogP contribution in [-0.2, 0) is 19.6 Å². The smallest absolute Gasteiger partial charge is 0.338 e. The number of rotatable bonds is 6. The summed E-state index contributed by atoms with van der Waals surface area (Å²) in [7, 11) is -3.50. The normalized spacial score (nSPS) is 12.3. The highest BCUT2D eigenvalue weighted by Gasteiger charge is 2.28. The van der Waals surface area contributed by atoms with Crippen LogP contribution >= 0.6 is 0 Å². The maximum absolute atomic E-state index is 12.2. The minimum atomic E-state index is -3.50. The lowest BCUT2D eigenvalue weighted by atomic mass is 10.1. The van der Waals surface area contributed by atoms with Crippen LogP contribution in [0.25, 0.3) is 0 Å². The van der Waals surface area contributed by atoms with Crippen molar-refractivity contribution in [3.63, 3.8) is 0 Å². The number of carbonyl (C=O) groups is 3. The molecule has 0 aliphatic rings. The van der Waals surface area contributed by atoms with E-state index in [0.717, 1.165) is 6.26 Å². The van der Waals surface area contributed by atoms with E-state index in [9.17, 15) is 22.8 Å². The number of primary amides is 1. The highest BCUT2D eigenvalue weighted by Crippen LogP contribution is 2.15. The van der Waals surface area contributed by atoms with Gasteiger partial charge >= 0.3 is 12.0 Å². The van der Waals surface area contributed by atoms with Crippen molar-refractivity contribution < 1.29 is 27.5 Å². The second-order valence-corrected chi connectivity index (χ2v) is 7.13. The zero-order valence-electron chi connectivity index (χ0n) is 13.4. The third kappa shape index (κ3) is 6.24. The Morgan fingerprint density at radius 1 is 1.21 bits per heavy atom. The maximum Gasteiger partial charge on any atom is 0.338 e. The number of hydrogen-bond acceptors (Lipinski definition) is 6. The number of nitrogens with one attached hydrogen (secondary N) is 2. The zero-order chi connectivity index (χ0) is 18.5. The highest BCUT2D eigenvalue weighted by atomic mass is 32.2. The van der Waals surface area contributed by atoms with Gasteiger partial charge in [-0.1, -0.05) is 19.9 Å². The van der Waals surface area contributed by atoms with E-state index in [1.54, 1.807) is 13.8 Å². The van der Waals surface area contributed by atoms with Crippen LogP contribution in [0, 0.1) is 5.92 Å². The molecule has 0 aliphatic heterocycles. The number of anilines is 1. The fourth-order valence-corrected chi connectivity index (χ4v) is 2.35. The summed E-state index contributed by atoms with van der Waals surface area (Å²) >= 11 is 0. The first-order valence-electron chi connectivity index (χ1n) is 6.88. The van der Waals surface area contributed by atoms with Gasteiger partial charge in [0.05, 0.1) is 11.8 Å². The highest BCUT2D eigenvalue weighted by molar-refractivity contribution is 7.92. The summed E-state index contributed by atoms with van der Waals surface area (Å²) in [5.41, 5.74) is 5.09. The summed E-state index contributed by atoms with van der Waals surface area (Å²) in [5.74, 6) is -2.09. The van der Waals surface area contributed by atoms with Crippen molar-refractivity contribution in [2.75, 3.05) is 11.0 Å². The van der Waals surface area contributed by atoms with Gasteiger partial charge in [0.2, 0.25) is 10.0 Å². The van der Waals surface area contributed by atoms with Gasteiger partial charge in [0.1, 0.15) is 0 Å². The molecule has 24 heavy (non-hydrogen) atoms. The molecule has 1 aromatic carbocycles. The number of ether oxygens (including phenoxy) is 1. The minimum absolute atomic E-state index is 0.0428. The van der Waals surface area contributed by atoms with Gasteiger partial charge in [0, 0.05) is 5.69 Å². The number of urea groups is 1. The molecule has 4 N–H and O–H groups in total. The summed E-state index contributed by atoms with van der Waals surface area (Å²) in [6.45, 7) is 3.25. The van der Waals surface area contributed by atoms with Gasteiger partial charge in [0.25, 0.3) is 5.91 Å². The number of hydrogen-bond donors (Lipinski definition) is 3. The Morgan fingerprint density at radius 3 is 2.33 bits per heavy atom. The van der Waals surface area contributed by atoms with Crippen molar-refractivity contribution in [3.8, 4) is 0 Å². The molecule has 3 amide bonds. The van der Waals surface area contributed by atoms with E-state index in [1.807, 2.05) is 5.32 Å². The second-order valence-electron chi connectivity index (χ2n) is 5.38. The lowest BCUT2D eigenvalue weighted by Gasteiger charge is -2.20. The van der Waals surface area contributed by atoms with Crippen LogP contribution in [0.5, 0.6) is 0 Å². The molecule has 0 heterocycles. The third-order valence-electron chi connectivity index (χ3n) is 2.75. The van der Waals surface area contributed by atoms with Crippen LogP contribution in [0.1, 0.15) is 24.2 Å². The van der Waals surface area contributed by atoms with Crippen LogP contribution < -0.4 is 15.8 Å². The Labute approximate surface area is 139 Å². The molecule has 0 saturated heterocycles. The molecule has 10 heteroatoms. The van der Waals surface area contributed by atoms with Gasteiger partial charge in [-0.15, -0.1) is 0 Å². The van der Waals surface area contributed by atoms with E-state index in [0.29, 0.717) is 0 Å². The first-order valence-corrected chi connectivity index (χ1v) is 8.78. The Morgan fingerprint density at radius 2 is 1.83 bits per heavy atom. The second kappa shape index (κ2) is 7.77. The van der Waals surface area contributed by atoms with Crippen molar-refractivity contribution in [2.45, 2.75) is 20.0 Å². The van der Waals surface area contributed by atoms with Gasteiger partial charge in [-0.25, -0.2) is 18.0 Å². The largest absolute Gasteiger partial charge is 0.448 e. The van der Waals surface area contributed by atoms with E-state index in [-0.39, 0.29) is 11.3 Å².